The van der Waals surface area contributed by atoms with Crippen molar-refractivity contribution in [2.24, 2.45) is 5.92 Å². The summed E-state index contributed by atoms with van der Waals surface area (Å²) in [6.07, 6.45) is 0.387. The average molecular weight is 550 g/mol. The normalized spacial score (nSPS) is 12.2. The number of aryl methyl sites for hydroxylation is 2. The summed E-state index contributed by atoms with van der Waals surface area (Å²) in [6, 6.07) is 22.3. The van der Waals surface area contributed by atoms with E-state index in [1.165, 1.54) is 4.90 Å². The highest BCUT2D eigenvalue weighted by atomic mass is 32.2. The third-order valence-corrected chi connectivity index (χ3v) is 8.23. The summed E-state index contributed by atoms with van der Waals surface area (Å²) in [5.41, 5.74) is 3.04. The Morgan fingerprint density at radius 3 is 2.13 bits per heavy atom. The maximum atomic E-state index is 14.0. The maximum absolute atomic E-state index is 14.0. The predicted molar refractivity (Wildman–Crippen MR) is 156 cm³/mol. The molecule has 208 valence electrons. The lowest BCUT2D eigenvalue weighted by Gasteiger charge is -2.33. The van der Waals surface area contributed by atoms with Crippen LogP contribution >= 0.6 is 0 Å². The minimum absolute atomic E-state index is 0.0960. The Balaban J connectivity index is 2.03. The number of carbonyl (C=O) groups is 2. The van der Waals surface area contributed by atoms with Gasteiger partial charge in [0, 0.05) is 13.1 Å². The number of hydrogen-bond donors (Lipinski definition) is 1. The van der Waals surface area contributed by atoms with Crippen molar-refractivity contribution in [3.8, 4) is 0 Å². The number of nitrogens with zero attached hydrogens (tertiary/aromatic N) is 2. The van der Waals surface area contributed by atoms with Crippen LogP contribution in [0.2, 0.25) is 0 Å². The Hall–Kier alpha value is -3.65. The summed E-state index contributed by atoms with van der Waals surface area (Å²) in [5, 5.41) is 2.94. The number of carbonyl (C=O) groups excluding carboxylic acids is 2. The van der Waals surface area contributed by atoms with Crippen LogP contribution in [0.15, 0.2) is 83.8 Å². The molecule has 39 heavy (non-hydrogen) atoms. The largest absolute Gasteiger partial charge is 0.354 e. The van der Waals surface area contributed by atoms with Crippen molar-refractivity contribution in [2.45, 2.75) is 58.5 Å². The molecule has 2 amide bonds. The molecule has 0 aliphatic heterocycles. The van der Waals surface area contributed by atoms with E-state index in [0.717, 1.165) is 21.0 Å². The van der Waals surface area contributed by atoms with Gasteiger partial charge in [0.1, 0.15) is 12.6 Å². The maximum Gasteiger partial charge on any atom is 0.264 e. The lowest BCUT2D eigenvalue weighted by molar-refractivity contribution is -0.140. The van der Waals surface area contributed by atoms with Gasteiger partial charge in [0.25, 0.3) is 10.0 Å². The van der Waals surface area contributed by atoms with Crippen LogP contribution in [0.25, 0.3) is 0 Å². The molecule has 1 unspecified atom stereocenters. The smallest absolute Gasteiger partial charge is 0.264 e. The Morgan fingerprint density at radius 2 is 1.54 bits per heavy atom. The van der Waals surface area contributed by atoms with Crippen molar-refractivity contribution in [1.29, 1.82) is 0 Å². The minimum Gasteiger partial charge on any atom is -0.354 e. The molecular weight excluding hydrogens is 510 g/mol. The monoisotopic (exact) mass is 549 g/mol. The van der Waals surface area contributed by atoms with Crippen molar-refractivity contribution in [3.05, 3.63) is 95.6 Å². The first-order valence-electron chi connectivity index (χ1n) is 13.3. The van der Waals surface area contributed by atoms with E-state index in [0.29, 0.717) is 18.7 Å². The molecule has 0 saturated heterocycles. The molecule has 3 aromatic carbocycles. The zero-order valence-corrected chi connectivity index (χ0v) is 24.2. The van der Waals surface area contributed by atoms with Gasteiger partial charge in [-0.3, -0.25) is 13.9 Å². The molecular formula is C31H39N3O4S. The van der Waals surface area contributed by atoms with Gasteiger partial charge in [0.2, 0.25) is 11.8 Å². The molecule has 3 aromatic rings. The Morgan fingerprint density at radius 1 is 0.872 bits per heavy atom. The van der Waals surface area contributed by atoms with Gasteiger partial charge >= 0.3 is 0 Å². The van der Waals surface area contributed by atoms with Crippen molar-refractivity contribution < 1.29 is 18.0 Å². The first kappa shape index (κ1) is 29.9. The summed E-state index contributed by atoms with van der Waals surface area (Å²) in [5.74, 6) is -0.456. The molecule has 0 aliphatic rings. The minimum atomic E-state index is -4.08. The van der Waals surface area contributed by atoms with Crippen LogP contribution in [-0.2, 0) is 26.2 Å². The SMILES string of the molecule is CCC(C(=O)NCC(C)C)N(Cc1ccccc1)C(=O)CN(c1cccc(C)c1)S(=O)(=O)c1ccc(C)cc1. The van der Waals surface area contributed by atoms with E-state index in [4.69, 9.17) is 0 Å². The van der Waals surface area contributed by atoms with Crippen LogP contribution in [0.3, 0.4) is 0 Å². The third kappa shape index (κ3) is 7.93. The summed E-state index contributed by atoms with van der Waals surface area (Å²) in [4.78, 5) is 28.9. The van der Waals surface area contributed by atoms with Crippen LogP contribution in [-0.4, -0.2) is 44.3 Å². The zero-order chi connectivity index (χ0) is 28.6. The molecule has 0 heterocycles. The fourth-order valence-corrected chi connectivity index (χ4v) is 5.68. The lowest BCUT2D eigenvalue weighted by atomic mass is 10.1. The van der Waals surface area contributed by atoms with Gasteiger partial charge in [0.15, 0.2) is 0 Å². The molecule has 0 fully saturated rings. The number of rotatable bonds is 12. The molecule has 8 heteroatoms. The van der Waals surface area contributed by atoms with E-state index in [2.05, 4.69) is 5.32 Å². The Labute approximate surface area is 232 Å². The molecule has 0 aliphatic carbocycles. The number of benzene rings is 3. The average Bonchev–Trinajstić information content (AvgIpc) is 2.91. The number of nitrogens with one attached hydrogen (secondary N) is 1. The predicted octanol–water partition coefficient (Wildman–Crippen LogP) is 5.08. The number of sulfonamides is 1. The molecule has 0 spiro atoms. The van der Waals surface area contributed by atoms with Crippen molar-refractivity contribution in [3.63, 3.8) is 0 Å². The van der Waals surface area contributed by atoms with Gasteiger partial charge in [-0.2, -0.15) is 0 Å². The molecule has 0 radical (unpaired) electrons. The first-order chi connectivity index (χ1) is 18.5. The van der Waals surface area contributed by atoms with Crippen molar-refractivity contribution in [1.82, 2.24) is 10.2 Å². The number of amides is 2. The number of hydrogen-bond acceptors (Lipinski definition) is 4. The summed E-state index contributed by atoms with van der Waals surface area (Å²) in [7, 11) is -4.08. The van der Waals surface area contributed by atoms with Crippen LogP contribution in [0.4, 0.5) is 5.69 Å². The van der Waals surface area contributed by atoms with Gasteiger partial charge in [-0.1, -0.05) is 80.9 Å². The molecule has 0 saturated carbocycles. The lowest BCUT2D eigenvalue weighted by Crippen LogP contribution is -2.52. The van der Waals surface area contributed by atoms with E-state index < -0.39 is 28.5 Å². The molecule has 1 atom stereocenters. The van der Waals surface area contributed by atoms with E-state index in [1.54, 1.807) is 42.5 Å². The van der Waals surface area contributed by atoms with Gasteiger partial charge in [-0.05, 0) is 61.6 Å². The quantitative estimate of drug-likeness (QED) is 0.341. The highest BCUT2D eigenvalue weighted by molar-refractivity contribution is 7.92. The third-order valence-electron chi connectivity index (χ3n) is 6.44. The van der Waals surface area contributed by atoms with Crippen LogP contribution in [0, 0.1) is 19.8 Å². The molecule has 1 N–H and O–H groups in total. The van der Waals surface area contributed by atoms with Gasteiger partial charge in [0.05, 0.1) is 10.6 Å². The second kappa shape index (κ2) is 13.4. The molecule has 0 bridgehead atoms. The van der Waals surface area contributed by atoms with Gasteiger partial charge in [-0.25, -0.2) is 8.42 Å². The molecule has 3 rings (SSSR count). The van der Waals surface area contributed by atoms with Crippen molar-refractivity contribution in [2.75, 3.05) is 17.4 Å². The second-order valence-corrected chi connectivity index (χ2v) is 12.1. The van der Waals surface area contributed by atoms with E-state index >= 15 is 0 Å². The van der Waals surface area contributed by atoms with E-state index in [9.17, 15) is 18.0 Å². The second-order valence-electron chi connectivity index (χ2n) is 10.2. The molecule has 7 nitrogen and oxygen atoms in total. The molecule has 0 aromatic heterocycles. The standard InChI is InChI=1S/C31H39N3O4S/c1-6-29(31(36)32-20-23(2)3)33(21-26-12-8-7-9-13-26)30(35)22-34(27-14-10-11-25(5)19-27)39(37,38)28-17-15-24(4)16-18-28/h7-19,23,29H,6,20-22H2,1-5H3,(H,32,36). The number of anilines is 1. The summed E-state index contributed by atoms with van der Waals surface area (Å²) in [6.45, 7) is 9.84. The summed E-state index contributed by atoms with van der Waals surface area (Å²) < 4.78 is 28.9. The summed E-state index contributed by atoms with van der Waals surface area (Å²) >= 11 is 0. The zero-order valence-electron chi connectivity index (χ0n) is 23.4. The fraction of sp³-hybridized carbons (Fsp3) is 0.355. The first-order valence-corrected chi connectivity index (χ1v) is 14.7. The van der Waals surface area contributed by atoms with Crippen LogP contribution < -0.4 is 9.62 Å². The fourth-order valence-electron chi connectivity index (χ4n) is 4.27. The Kier molecular flexibility index (Phi) is 10.3. The van der Waals surface area contributed by atoms with Crippen LogP contribution in [0.5, 0.6) is 0 Å². The Bertz CT molecular complexity index is 1360. The highest BCUT2D eigenvalue weighted by Gasteiger charge is 2.33. The van der Waals surface area contributed by atoms with Gasteiger partial charge < -0.3 is 10.2 Å². The topological polar surface area (TPSA) is 86.8 Å². The van der Waals surface area contributed by atoms with Crippen LogP contribution in [0.1, 0.15) is 43.9 Å². The van der Waals surface area contributed by atoms with Crippen molar-refractivity contribution >= 4 is 27.5 Å². The van der Waals surface area contributed by atoms with E-state index in [1.807, 2.05) is 71.0 Å². The highest BCUT2D eigenvalue weighted by Crippen LogP contribution is 2.26. The van der Waals surface area contributed by atoms with E-state index in [-0.39, 0.29) is 23.3 Å². The van der Waals surface area contributed by atoms with Gasteiger partial charge in [-0.15, -0.1) is 0 Å².